The molecule has 0 fully saturated rings. The Kier molecular flexibility index (Phi) is 6.17. The van der Waals surface area contributed by atoms with Crippen molar-refractivity contribution < 1.29 is 9.46 Å². The van der Waals surface area contributed by atoms with Crippen molar-refractivity contribution in [3.63, 3.8) is 0 Å². The van der Waals surface area contributed by atoms with E-state index in [0.29, 0.717) is 12.3 Å². The lowest BCUT2D eigenvalue weighted by Gasteiger charge is -2.01. The van der Waals surface area contributed by atoms with E-state index in [1.165, 1.54) is 0 Å². The maximum Gasteiger partial charge on any atom is 0.200 e. The Bertz CT molecular complexity index is 86.0. The largest absolute Gasteiger partial charge is 0.344 e. The molecule has 0 aliphatic carbocycles. The highest BCUT2D eigenvalue weighted by Crippen LogP contribution is 2.38. The molecule has 0 aliphatic heterocycles. The van der Waals surface area contributed by atoms with Crippen LogP contribution in [-0.2, 0) is 4.57 Å². The monoisotopic (exact) mass is 158 g/mol. The Morgan fingerprint density at radius 3 is 1.62 bits per heavy atom. The van der Waals surface area contributed by atoms with E-state index in [9.17, 15) is 4.57 Å². The van der Waals surface area contributed by atoms with E-state index in [2.05, 4.69) is 0 Å². The second-order valence-electron chi connectivity index (χ2n) is 1.48. The zero-order chi connectivity index (χ0) is 5.91. The molecule has 0 aromatic heterocycles. The summed E-state index contributed by atoms with van der Waals surface area (Å²) in [6, 6.07) is 0. The quantitative estimate of drug-likeness (QED) is 0.622. The summed E-state index contributed by atoms with van der Waals surface area (Å²) >= 11 is 0. The molecule has 0 spiro atoms. The Morgan fingerprint density at radius 2 is 1.62 bits per heavy atom. The van der Waals surface area contributed by atoms with Gasteiger partial charge < -0.3 is 4.89 Å². The van der Waals surface area contributed by atoms with Crippen molar-refractivity contribution >= 4 is 19.8 Å². The number of hydrogen-bond donors (Lipinski definition) is 1. The average Bonchev–Trinajstić information content (AvgIpc) is 1.68. The first kappa shape index (κ1) is 11.3. The SMILES string of the molecule is CCP(=O)(O)CC.Cl. The van der Waals surface area contributed by atoms with Crippen molar-refractivity contribution in [2.24, 2.45) is 0 Å². The van der Waals surface area contributed by atoms with Gasteiger partial charge in [-0.05, 0) is 0 Å². The van der Waals surface area contributed by atoms with Crippen LogP contribution in [0.1, 0.15) is 13.8 Å². The van der Waals surface area contributed by atoms with Gasteiger partial charge in [0.15, 0.2) is 7.37 Å². The van der Waals surface area contributed by atoms with Gasteiger partial charge in [0.05, 0.1) is 0 Å². The van der Waals surface area contributed by atoms with E-state index in [1.807, 2.05) is 0 Å². The summed E-state index contributed by atoms with van der Waals surface area (Å²) in [7, 11) is -2.65. The summed E-state index contributed by atoms with van der Waals surface area (Å²) in [6.45, 7) is 3.45. The van der Waals surface area contributed by atoms with Crippen LogP contribution in [-0.4, -0.2) is 17.2 Å². The summed E-state index contributed by atoms with van der Waals surface area (Å²) in [6.07, 6.45) is 0.812. The van der Waals surface area contributed by atoms with Crippen LogP contribution in [0.4, 0.5) is 0 Å². The van der Waals surface area contributed by atoms with Crippen LogP contribution in [0.3, 0.4) is 0 Å². The molecule has 0 atom stereocenters. The van der Waals surface area contributed by atoms with Crippen LogP contribution in [0.15, 0.2) is 0 Å². The van der Waals surface area contributed by atoms with E-state index in [0.717, 1.165) is 0 Å². The normalized spacial score (nSPS) is 10.4. The van der Waals surface area contributed by atoms with Gasteiger partial charge in [0.1, 0.15) is 0 Å². The molecular formula is C4H12ClO2P. The number of halogens is 1. The van der Waals surface area contributed by atoms with Crippen molar-refractivity contribution in [2.75, 3.05) is 12.3 Å². The third-order valence-corrected chi connectivity index (χ3v) is 2.96. The van der Waals surface area contributed by atoms with Gasteiger partial charge in [-0.1, -0.05) is 13.8 Å². The molecule has 0 heterocycles. The van der Waals surface area contributed by atoms with E-state index in [4.69, 9.17) is 4.89 Å². The summed E-state index contributed by atoms with van der Waals surface area (Å²) < 4.78 is 10.5. The Balaban J connectivity index is 0. The first-order valence-corrected chi connectivity index (χ1v) is 4.46. The molecule has 8 heavy (non-hydrogen) atoms. The summed E-state index contributed by atoms with van der Waals surface area (Å²) in [5.74, 6) is 0. The van der Waals surface area contributed by atoms with Gasteiger partial charge in [-0.15, -0.1) is 12.4 Å². The van der Waals surface area contributed by atoms with Crippen LogP contribution >= 0.6 is 19.8 Å². The smallest absolute Gasteiger partial charge is 0.200 e. The number of hydrogen-bond acceptors (Lipinski definition) is 1. The van der Waals surface area contributed by atoms with E-state index in [1.54, 1.807) is 13.8 Å². The molecule has 2 nitrogen and oxygen atoms in total. The van der Waals surface area contributed by atoms with Gasteiger partial charge in [0, 0.05) is 12.3 Å². The Hall–Kier alpha value is 0.480. The fourth-order valence-corrected chi connectivity index (χ4v) is 0.671. The fourth-order valence-electron chi connectivity index (χ4n) is 0.224. The third kappa shape index (κ3) is 4.63. The molecule has 0 aliphatic rings. The zero-order valence-corrected chi connectivity index (χ0v) is 6.84. The molecule has 0 saturated heterocycles. The maximum atomic E-state index is 10.5. The lowest BCUT2D eigenvalue weighted by Crippen LogP contribution is -1.84. The predicted octanol–water partition coefficient (Wildman–Crippen LogP) is 1.72. The van der Waals surface area contributed by atoms with Crippen molar-refractivity contribution in [3.8, 4) is 0 Å². The van der Waals surface area contributed by atoms with Crippen molar-refractivity contribution in [1.29, 1.82) is 0 Å². The molecule has 1 N–H and O–H groups in total. The molecule has 4 heteroatoms. The standard InChI is InChI=1S/C4H11O2P.ClH/c1-3-7(5,6)4-2;/h3-4H2,1-2H3,(H,5,6);1H. The lowest BCUT2D eigenvalue weighted by atomic mass is 11.0. The third-order valence-electron chi connectivity index (χ3n) is 0.988. The molecule has 0 amide bonds. The second-order valence-corrected chi connectivity index (χ2v) is 4.44. The van der Waals surface area contributed by atoms with Gasteiger partial charge in [0.2, 0.25) is 0 Å². The first-order valence-electron chi connectivity index (χ1n) is 2.43. The molecule has 0 radical (unpaired) electrons. The minimum atomic E-state index is -2.65. The Labute approximate surface area is 56.2 Å². The molecule has 0 aromatic carbocycles. The summed E-state index contributed by atoms with van der Waals surface area (Å²) in [5, 5.41) is 0. The molecular weight excluding hydrogens is 146 g/mol. The first-order chi connectivity index (χ1) is 3.12. The molecule has 0 saturated carbocycles. The minimum Gasteiger partial charge on any atom is -0.344 e. The topological polar surface area (TPSA) is 37.3 Å². The molecule has 0 rings (SSSR count). The Morgan fingerprint density at radius 1 is 1.38 bits per heavy atom. The van der Waals surface area contributed by atoms with Crippen LogP contribution in [0.25, 0.3) is 0 Å². The van der Waals surface area contributed by atoms with Gasteiger partial charge >= 0.3 is 0 Å². The van der Waals surface area contributed by atoms with Gasteiger partial charge in [0.25, 0.3) is 0 Å². The lowest BCUT2D eigenvalue weighted by molar-refractivity contribution is 0.481. The highest BCUT2D eigenvalue weighted by Gasteiger charge is 2.08. The van der Waals surface area contributed by atoms with Crippen molar-refractivity contribution in [1.82, 2.24) is 0 Å². The van der Waals surface area contributed by atoms with Crippen LogP contribution in [0.2, 0.25) is 0 Å². The second kappa shape index (κ2) is 4.37. The molecule has 0 bridgehead atoms. The molecule has 0 aromatic rings. The van der Waals surface area contributed by atoms with Gasteiger partial charge in [-0.2, -0.15) is 0 Å². The van der Waals surface area contributed by atoms with Gasteiger partial charge in [-0.25, -0.2) is 0 Å². The van der Waals surface area contributed by atoms with E-state index >= 15 is 0 Å². The summed E-state index contributed by atoms with van der Waals surface area (Å²) in [4.78, 5) is 8.69. The maximum absolute atomic E-state index is 10.5. The van der Waals surface area contributed by atoms with E-state index < -0.39 is 7.37 Å². The summed E-state index contributed by atoms with van der Waals surface area (Å²) in [5.41, 5.74) is 0. The molecule has 52 valence electrons. The predicted molar refractivity (Wildman–Crippen MR) is 38.2 cm³/mol. The van der Waals surface area contributed by atoms with Crippen LogP contribution < -0.4 is 0 Å². The minimum absolute atomic E-state index is 0. The van der Waals surface area contributed by atoms with Crippen molar-refractivity contribution in [2.45, 2.75) is 13.8 Å². The average molecular weight is 159 g/mol. The van der Waals surface area contributed by atoms with Gasteiger partial charge in [-0.3, -0.25) is 4.57 Å². The highest BCUT2D eigenvalue weighted by atomic mass is 35.5. The molecule has 0 unspecified atom stereocenters. The van der Waals surface area contributed by atoms with Crippen LogP contribution in [0.5, 0.6) is 0 Å². The highest BCUT2D eigenvalue weighted by molar-refractivity contribution is 7.57. The van der Waals surface area contributed by atoms with Crippen molar-refractivity contribution in [3.05, 3.63) is 0 Å². The fraction of sp³-hybridized carbons (Fsp3) is 1.00. The van der Waals surface area contributed by atoms with Crippen LogP contribution in [0, 0.1) is 0 Å². The zero-order valence-electron chi connectivity index (χ0n) is 5.13. The number of rotatable bonds is 2. The van der Waals surface area contributed by atoms with E-state index in [-0.39, 0.29) is 12.4 Å².